The van der Waals surface area contributed by atoms with Crippen LogP contribution in [0.3, 0.4) is 0 Å². The molecule has 100 valence electrons. The van der Waals surface area contributed by atoms with E-state index in [0.29, 0.717) is 0 Å². The Hall–Kier alpha value is -0.870. The fourth-order valence-electron chi connectivity index (χ4n) is 2.30. The van der Waals surface area contributed by atoms with E-state index in [1.165, 1.54) is 36.1 Å². The number of aliphatic hydroxyl groups excluding tert-OH is 1. The third-order valence-electron chi connectivity index (χ3n) is 3.37. The van der Waals surface area contributed by atoms with Crippen LogP contribution in [0.15, 0.2) is 6.07 Å². The maximum atomic E-state index is 12.0. The Morgan fingerprint density at radius 1 is 1.39 bits per heavy atom. The maximum Gasteiger partial charge on any atom is 0.261 e. The monoisotopic (exact) mass is 267 g/mol. The van der Waals surface area contributed by atoms with Crippen molar-refractivity contribution in [1.29, 1.82) is 0 Å². The second kappa shape index (κ2) is 6.34. The number of fused-ring (bicyclic) bond motifs is 1. The zero-order valence-electron chi connectivity index (χ0n) is 10.9. The molecule has 0 aliphatic heterocycles. The summed E-state index contributed by atoms with van der Waals surface area (Å²) in [5, 5.41) is 11.8. The minimum atomic E-state index is -0.179. The van der Waals surface area contributed by atoms with Crippen molar-refractivity contribution in [1.82, 2.24) is 5.32 Å². The van der Waals surface area contributed by atoms with Crippen LogP contribution in [-0.4, -0.2) is 23.7 Å². The van der Waals surface area contributed by atoms with Gasteiger partial charge in [0.1, 0.15) is 0 Å². The molecule has 0 radical (unpaired) electrons. The van der Waals surface area contributed by atoms with E-state index in [0.717, 1.165) is 17.7 Å². The third-order valence-corrected chi connectivity index (χ3v) is 4.61. The van der Waals surface area contributed by atoms with Crippen molar-refractivity contribution in [3.8, 4) is 0 Å². The molecule has 4 heteroatoms. The molecule has 3 nitrogen and oxygen atoms in total. The van der Waals surface area contributed by atoms with Crippen LogP contribution in [0, 0.1) is 0 Å². The van der Waals surface area contributed by atoms with Gasteiger partial charge in [0.25, 0.3) is 5.91 Å². The summed E-state index contributed by atoms with van der Waals surface area (Å²) in [6, 6.07) is 1.87. The molecule has 2 N–H and O–H groups in total. The van der Waals surface area contributed by atoms with E-state index in [1.807, 2.05) is 13.0 Å². The number of amides is 1. The lowest BCUT2D eigenvalue weighted by atomic mass is 10.00. The number of hydrogen-bond acceptors (Lipinski definition) is 3. The smallest absolute Gasteiger partial charge is 0.261 e. The predicted octanol–water partition coefficient (Wildman–Crippen LogP) is 2.52. The summed E-state index contributed by atoms with van der Waals surface area (Å²) in [5.41, 5.74) is 1.36. The Kier molecular flexibility index (Phi) is 4.78. The van der Waals surface area contributed by atoms with Crippen LogP contribution < -0.4 is 5.32 Å². The molecule has 1 aromatic rings. The molecule has 0 saturated carbocycles. The molecular formula is C14H21NO2S. The first kappa shape index (κ1) is 13.6. The lowest BCUT2D eigenvalue weighted by molar-refractivity contribution is 0.0926. The van der Waals surface area contributed by atoms with E-state index < -0.39 is 0 Å². The quantitative estimate of drug-likeness (QED) is 0.884. The molecule has 0 aromatic carbocycles. The molecule has 0 fully saturated rings. The number of carbonyl (C=O) groups excluding carboxylic acids is 1. The van der Waals surface area contributed by atoms with Crippen molar-refractivity contribution in [2.75, 3.05) is 6.61 Å². The van der Waals surface area contributed by atoms with Crippen molar-refractivity contribution in [2.45, 2.75) is 51.5 Å². The van der Waals surface area contributed by atoms with Gasteiger partial charge in [-0.15, -0.1) is 11.3 Å². The highest BCUT2D eigenvalue weighted by molar-refractivity contribution is 7.14. The van der Waals surface area contributed by atoms with Gasteiger partial charge in [-0.3, -0.25) is 4.79 Å². The zero-order valence-corrected chi connectivity index (χ0v) is 11.7. The minimum absolute atomic E-state index is 0.0170. The molecular weight excluding hydrogens is 246 g/mol. The first-order valence-electron chi connectivity index (χ1n) is 6.74. The highest BCUT2D eigenvalue weighted by Crippen LogP contribution is 2.28. The molecule has 1 aliphatic rings. The fourth-order valence-corrected chi connectivity index (χ4v) is 3.45. The standard InChI is InChI=1S/C14H21NO2S/c1-10(9-16)15-14(17)13-8-11-6-4-2-3-5-7-12(11)18-13/h8,10,16H,2-7,9H2,1H3,(H,15,17). The second-order valence-corrected chi connectivity index (χ2v) is 6.17. The Morgan fingerprint density at radius 3 is 2.83 bits per heavy atom. The number of thiophene rings is 1. The van der Waals surface area contributed by atoms with Crippen LogP contribution in [0.25, 0.3) is 0 Å². The van der Waals surface area contributed by atoms with Gasteiger partial charge < -0.3 is 10.4 Å². The van der Waals surface area contributed by atoms with Crippen LogP contribution in [0.5, 0.6) is 0 Å². The molecule has 1 atom stereocenters. The number of rotatable bonds is 3. The van der Waals surface area contributed by atoms with Crippen molar-refractivity contribution in [2.24, 2.45) is 0 Å². The fraction of sp³-hybridized carbons (Fsp3) is 0.643. The van der Waals surface area contributed by atoms with E-state index in [-0.39, 0.29) is 18.6 Å². The molecule has 1 aromatic heterocycles. The predicted molar refractivity (Wildman–Crippen MR) is 74.2 cm³/mol. The van der Waals surface area contributed by atoms with E-state index >= 15 is 0 Å². The number of aliphatic hydroxyl groups is 1. The number of carbonyl (C=O) groups is 1. The molecule has 0 bridgehead atoms. The molecule has 18 heavy (non-hydrogen) atoms. The van der Waals surface area contributed by atoms with Gasteiger partial charge in [0, 0.05) is 10.9 Å². The zero-order chi connectivity index (χ0) is 13.0. The van der Waals surface area contributed by atoms with Gasteiger partial charge in [-0.1, -0.05) is 12.8 Å². The highest BCUT2D eigenvalue weighted by atomic mass is 32.1. The average Bonchev–Trinajstić information content (AvgIpc) is 2.71. The number of hydrogen-bond donors (Lipinski definition) is 2. The van der Waals surface area contributed by atoms with Gasteiger partial charge in [0.15, 0.2) is 0 Å². The van der Waals surface area contributed by atoms with Crippen molar-refractivity contribution in [3.05, 3.63) is 21.4 Å². The van der Waals surface area contributed by atoms with Crippen molar-refractivity contribution in [3.63, 3.8) is 0 Å². The van der Waals surface area contributed by atoms with Crippen molar-refractivity contribution < 1.29 is 9.90 Å². The summed E-state index contributed by atoms with van der Waals surface area (Å²) >= 11 is 1.62. The van der Waals surface area contributed by atoms with E-state index in [1.54, 1.807) is 11.3 Å². The Bertz CT molecular complexity index is 388. The lowest BCUT2D eigenvalue weighted by Gasteiger charge is -2.08. The topological polar surface area (TPSA) is 49.3 Å². The molecule has 1 aliphatic carbocycles. The van der Waals surface area contributed by atoms with Crippen LogP contribution in [-0.2, 0) is 12.8 Å². The third kappa shape index (κ3) is 3.33. The lowest BCUT2D eigenvalue weighted by Crippen LogP contribution is -2.34. The molecule has 0 saturated heterocycles. The van der Waals surface area contributed by atoms with E-state index in [9.17, 15) is 4.79 Å². The average molecular weight is 267 g/mol. The largest absolute Gasteiger partial charge is 0.394 e. The molecule has 1 unspecified atom stereocenters. The van der Waals surface area contributed by atoms with Crippen LogP contribution in [0.2, 0.25) is 0 Å². The molecule has 0 spiro atoms. The first-order chi connectivity index (χ1) is 8.70. The van der Waals surface area contributed by atoms with Crippen LogP contribution >= 0.6 is 11.3 Å². The van der Waals surface area contributed by atoms with Gasteiger partial charge in [-0.2, -0.15) is 0 Å². The van der Waals surface area contributed by atoms with Gasteiger partial charge >= 0.3 is 0 Å². The van der Waals surface area contributed by atoms with Crippen molar-refractivity contribution >= 4 is 17.2 Å². The summed E-state index contributed by atoms with van der Waals surface area (Å²) in [5.74, 6) is -0.0479. The van der Waals surface area contributed by atoms with Gasteiger partial charge in [0.2, 0.25) is 0 Å². The SMILES string of the molecule is CC(CO)NC(=O)c1cc2c(s1)CCCCCC2. The molecule has 1 heterocycles. The van der Waals surface area contributed by atoms with Crippen LogP contribution in [0.1, 0.15) is 52.7 Å². The summed E-state index contributed by atoms with van der Waals surface area (Å²) in [7, 11) is 0. The summed E-state index contributed by atoms with van der Waals surface area (Å²) in [6.07, 6.45) is 7.30. The normalized spacial score (nSPS) is 17.4. The van der Waals surface area contributed by atoms with E-state index in [4.69, 9.17) is 5.11 Å². The summed E-state index contributed by atoms with van der Waals surface area (Å²) < 4.78 is 0. The second-order valence-electron chi connectivity index (χ2n) is 5.03. The minimum Gasteiger partial charge on any atom is -0.394 e. The maximum absolute atomic E-state index is 12.0. The number of aryl methyl sites for hydroxylation is 2. The highest BCUT2D eigenvalue weighted by Gasteiger charge is 2.16. The van der Waals surface area contributed by atoms with Gasteiger partial charge in [-0.05, 0) is 44.2 Å². The molecule has 2 rings (SSSR count). The number of nitrogens with one attached hydrogen (secondary N) is 1. The van der Waals surface area contributed by atoms with Gasteiger partial charge in [-0.25, -0.2) is 0 Å². The Morgan fingerprint density at radius 2 is 2.11 bits per heavy atom. The molecule has 1 amide bonds. The van der Waals surface area contributed by atoms with E-state index in [2.05, 4.69) is 5.32 Å². The Balaban J connectivity index is 2.09. The van der Waals surface area contributed by atoms with Crippen LogP contribution in [0.4, 0.5) is 0 Å². The summed E-state index contributed by atoms with van der Waals surface area (Å²) in [4.78, 5) is 14.2. The Labute approximate surface area is 112 Å². The first-order valence-corrected chi connectivity index (χ1v) is 7.55. The summed E-state index contributed by atoms with van der Waals surface area (Å²) in [6.45, 7) is 1.79. The van der Waals surface area contributed by atoms with Gasteiger partial charge in [0.05, 0.1) is 11.5 Å².